The van der Waals surface area contributed by atoms with Gasteiger partial charge < -0.3 is 28.4 Å². The van der Waals surface area contributed by atoms with E-state index in [1.807, 2.05) is 37.3 Å². The predicted molar refractivity (Wildman–Crippen MR) is 197 cm³/mol. The van der Waals surface area contributed by atoms with Crippen molar-refractivity contribution in [2.24, 2.45) is 11.8 Å². The van der Waals surface area contributed by atoms with Gasteiger partial charge in [-0.2, -0.15) is 0 Å². The quantitative estimate of drug-likeness (QED) is 0.0717. The van der Waals surface area contributed by atoms with Crippen molar-refractivity contribution >= 4 is 22.7 Å². The molecule has 0 fully saturated rings. The molecule has 0 aromatic heterocycles. The maximum absolute atomic E-state index is 12.5. The monoisotopic (exact) mass is 682 g/mol. The number of rotatable bonds is 26. The molecular formula is C41H62O8. The van der Waals surface area contributed by atoms with Gasteiger partial charge in [0.25, 0.3) is 0 Å². The van der Waals surface area contributed by atoms with Gasteiger partial charge in [-0.25, -0.2) is 9.59 Å². The van der Waals surface area contributed by atoms with Crippen molar-refractivity contribution in [1.82, 2.24) is 0 Å². The molecule has 0 aliphatic carbocycles. The van der Waals surface area contributed by atoms with Gasteiger partial charge in [0.15, 0.2) is 12.2 Å². The molecule has 0 heterocycles. The molecule has 0 saturated heterocycles. The second kappa shape index (κ2) is 23.1. The molecule has 0 amide bonds. The normalized spacial score (nSPS) is 13.7. The summed E-state index contributed by atoms with van der Waals surface area (Å²) in [4.78, 5) is 24.9. The number of fused-ring (bicyclic) bond motifs is 1. The highest BCUT2D eigenvalue weighted by Crippen LogP contribution is 2.35. The van der Waals surface area contributed by atoms with Gasteiger partial charge in [0.1, 0.15) is 24.7 Å². The third-order valence-electron chi connectivity index (χ3n) is 8.65. The number of carbonyl (C=O) groups excluding carboxylic acids is 2. The molecule has 2 aromatic carbocycles. The molecule has 4 atom stereocenters. The summed E-state index contributed by atoms with van der Waals surface area (Å²) < 4.78 is 36.2. The number of esters is 2. The van der Waals surface area contributed by atoms with Gasteiger partial charge in [-0.05, 0) is 57.1 Å². The molecule has 2 rings (SSSR count). The Morgan fingerprint density at radius 2 is 1.16 bits per heavy atom. The lowest BCUT2D eigenvalue weighted by molar-refractivity contribution is -0.150. The van der Waals surface area contributed by atoms with Crippen LogP contribution in [-0.4, -0.2) is 63.8 Å². The summed E-state index contributed by atoms with van der Waals surface area (Å²) in [5.74, 6) is 1.27. The van der Waals surface area contributed by atoms with Crippen LogP contribution in [0.2, 0.25) is 0 Å². The SMILES string of the molecule is C=C(C)C(=O)OC(COCC(CC)CCCC)COc1cccc2c(OCC(COCC(CC)CCCC)OC(=O)C(=C)C)c(C)ccc12. The summed E-state index contributed by atoms with van der Waals surface area (Å²) in [6.07, 6.45) is 7.71. The summed E-state index contributed by atoms with van der Waals surface area (Å²) in [5.41, 5.74) is 1.57. The van der Waals surface area contributed by atoms with E-state index in [9.17, 15) is 9.59 Å². The van der Waals surface area contributed by atoms with Crippen LogP contribution in [0, 0.1) is 18.8 Å². The maximum atomic E-state index is 12.5. The number of aryl methyl sites for hydroxylation is 1. The lowest BCUT2D eigenvalue weighted by atomic mass is 10.0. The van der Waals surface area contributed by atoms with E-state index < -0.39 is 24.1 Å². The van der Waals surface area contributed by atoms with E-state index in [0.717, 1.165) is 67.7 Å². The molecular weight excluding hydrogens is 620 g/mol. The van der Waals surface area contributed by atoms with Crippen molar-refractivity contribution in [3.63, 3.8) is 0 Å². The molecule has 8 nitrogen and oxygen atoms in total. The van der Waals surface area contributed by atoms with Crippen molar-refractivity contribution in [1.29, 1.82) is 0 Å². The zero-order chi connectivity index (χ0) is 36.2. The van der Waals surface area contributed by atoms with Gasteiger partial charge >= 0.3 is 11.9 Å². The zero-order valence-corrected chi connectivity index (χ0v) is 31.3. The molecule has 0 bridgehead atoms. The van der Waals surface area contributed by atoms with E-state index >= 15 is 0 Å². The number of carbonyl (C=O) groups is 2. The maximum Gasteiger partial charge on any atom is 0.333 e. The highest BCUT2D eigenvalue weighted by Gasteiger charge is 2.21. The van der Waals surface area contributed by atoms with Crippen LogP contribution < -0.4 is 9.47 Å². The fourth-order valence-electron chi connectivity index (χ4n) is 5.35. The molecule has 8 heteroatoms. The number of ether oxygens (including phenoxy) is 6. The topological polar surface area (TPSA) is 89.5 Å². The average Bonchev–Trinajstić information content (AvgIpc) is 3.08. The predicted octanol–water partition coefficient (Wildman–Crippen LogP) is 9.35. The molecule has 4 unspecified atom stereocenters. The lowest BCUT2D eigenvalue weighted by Gasteiger charge is -2.23. The summed E-state index contributed by atoms with van der Waals surface area (Å²) in [5, 5.41) is 1.69. The Morgan fingerprint density at radius 3 is 1.63 bits per heavy atom. The summed E-state index contributed by atoms with van der Waals surface area (Å²) in [6, 6.07) is 9.71. The van der Waals surface area contributed by atoms with Crippen molar-refractivity contribution < 1.29 is 38.0 Å². The van der Waals surface area contributed by atoms with Crippen LogP contribution >= 0.6 is 0 Å². The Hall–Kier alpha value is -3.36. The van der Waals surface area contributed by atoms with Gasteiger partial charge in [-0.3, -0.25) is 0 Å². The Labute approximate surface area is 295 Å². The Balaban J connectivity index is 2.20. The highest BCUT2D eigenvalue weighted by molar-refractivity contribution is 5.94. The van der Waals surface area contributed by atoms with Gasteiger partial charge in [0.2, 0.25) is 0 Å². The van der Waals surface area contributed by atoms with E-state index in [1.165, 1.54) is 0 Å². The molecule has 0 aliphatic rings. The third-order valence-corrected chi connectivity index (χ3v) is 8.65. The summed E-state index contributed by atoms with van der Waals surface area (Å²) in [6.45, 7) is 23.3. The summed E-state index contributed by atoms with van der Waals surface area (Å²) >= 11 is 0. The Bertz CT molecular complexity index is 1320. The number of unbranched alkanes of at least 4 members (excludes halogenated alkanes) is 2. The lowest BCUT2D eigenvalue weighted by Crippen LogP contribution is -2.31. The van der Waals surface area contributed by atoms with Crippen LogP contribution in [0.25, 0.3) is 10.8 Å². The van der Waals surface area contributed by atoms with Crippen LogP contribution in [0.4, 0.5) is 0 Å². The van der Waals surface area contributed by atoms with Gasteiger partial charge in [0.05, 0.1) is 13.2 Å². The molecule has 0 aliphatic heterocycles. The van der Waals surface area contributed by atoms with Crippen LogP contribution in [0.1, 0.15) is 98.5 Å². The van der Waals surface area contributed by atoms with Crippen LogP contribution in [0.15, 0.2) is 54.6 Å². The van der Waals surface area contributed by atoms with E-state index in [1.54, 1.807) is 13.8 Å². The number of hydrogen-bond donors (Lipinski definition) is 0. The molecule has 0 radical (unpaired) electrons. The largest absolute Gasteiger partial charge is 0.489 e. The fourth-order valence-corrected chi connectivity index (χ4v) is 5.35. The Morgan fingerprint density at radius 1 is 0.653 bits per heavy atom. The molecule has 49 heavy (non-hydrogen) atoms. The first kappa shape index (κ1) is 41.8. The molecule has 0 spiro atoms. The average molecular weight is 683 g/mol. The second-order valence-corrected chi connectivity index (χ2v) is 13.2. The van der Waals surface area contributed by atoms with E-state index in [0.29, 0.717) is 47.7 Å². The molecule has 0 N–H and O–H groups in total. The molecule has 2 aromatic rings. The van der Waals surface area contributed by atoms with Gasteiger partial charge in [0, 0.05) is 35.1 Å². The van der Waals surface area contributed by atoms with E-state index in [4.69, 9.17) is 28.4 Å². The van der Waals surface area contributed by atoms with Crippen molar-refractivity contribution in [2.45, 2.75) is 112 Å². The third kappa shape index (κ3) is 15.0. The minimum Gasteiger partial charge on any atom is -0.489 e. The second-order valence-electron chi connectivity index (χ2n) is 13.2. The van der Waals surface area contributed by atoms with Gasteiger partial charge in [-0.1, -0.05) is 104 Å². The zero-order valence-electron chi connectivity index (χ0n) is 31.3. The van der Waals surface area contributed by atoms with Crippen LogP contribution in [0.5, 0.6) is 11.5 Å². The first-order valence-electron chi connectivity index (χ1n) is 18.2. The Kier molecular flexibility index (Phi) is 19.7. The van der Waals surface area contributed by atoms with Crippen molar-refractivity contribution in [2.75, 3.05) is 39.6 Å². The fraction of sp³-hybridized carbons (Fsp3) is 0.610. The van der Waals surface area contributed by atoms with Crippen LogP contribution in [0.3, 0.4) is 0 Å². The first-order chi connectivity index (χ1) is 23.5. The smallest absolute Gasteiger partial charge is 0.333 e. The highest BCUT2D eigenvalue weighted by atomic mass is 16.6. The van der Waals surface area contributed by atoms with E-state index in [-0.39, 0.29) is 26.4 Å². The summed E-state index contributed by atoms with van der Waals surface area (Å²) in [7, 11) is 0. The van der Waals surface area contributed by atoms with Crippen molar-refractivity contribution in [3.05, 3.63) is 60.2 Å². The first-order valence-corrected chi connectivity index (χ1v) is 18.2. The number of hydrogen-bond acceptors (Lipinski definition) is 8. The van der Waals surface area contributed by atoms with Gasteiger partial charge in [-0.15, -0.1) is 0 Å². The standard InChI is InChI=1S/C41H62O8/c1-10-14-17-32(12-3)23-44-25-34(48-40(42)29(5)6)27-46-38-20-16-19-37-36(38)22-21-31(9)39(37)47-28-35(49-41(43)30(7)8)26-45-24-33(13-4)18-15-11-2/h16,19-22,32-35H,5,7,10-15,17-18,23-28H2,1-4,6,8-9H3. The molecule has 274 valence electrons. The van der Waals surface area contributed by atoms with Crippen molar-refractivity contribution in [3.8, 4) is 11.5 Å². The molecule has 0 saturated carbocycles. The minimum absolute atomic E-state index is 0.112. The number of benzene rings is 2. The minimum atomic E-state index is -0.611. The van der Waals surface area contributed by atoms with Crippen LogP contribution in [-0.2, 0) is 28.5 Å². The van der Waals surface area contributed by atoms with E-state index in [2.05, 4.69) is 40.9 Å².